The van der Waals surface area contributed by atoms with Crippen molar-refractivity contribution in [2.75, 3.05) is 43.4 Å². The number of hydrogen-bond acceptors (Lipinski definition) is 5. The minimum Gasteiger partial charge on any atom is -0.359 e. The Morgan fingerprint density at radius 3 is 2.79 bits per heavy atom. The van der Waals surface area contributed by atoms with E-state index in [9.17, 15) is 9.59 Å². The van der Waals surface area contributed by atoms with E-state index < -0.39 is 0 Å². The van der Waals surface area contributed by atoms with E-state index in [-0.39, 0.29) is 18.4 Å². The van der Waals surface area contributed by atoms with E-state index in [4.69, 9.17) is 0 Å². The Hall–Kier alpha value is -2.93. The molecule has 7 nitrogen and oxygen atoms in total. The number of piperidine rings is 1. The summed E-state index contributed by atoms with van der Waals surface area (Å²) in [5.41, 5.74) is 2.40. The fourth-order valence-electron chi connectivity index (χ4n) is 3.87. The van der Waals surface area contributed by atoms with Gasteiger partial charge in [-0.3, -0.25) is 9.59 Å². The molecule has 1 aromatic heterocycles. The van der Waals surface area contributed by atoms with E-state index in [1.54, 1.807) is 12.3 Å². The Morgan fingerprint density at radius 1 is 1.21 bits per heavy atom. The quantitative estimate of drug-likeness (QED) is 0.700. The zero-order valence-corrected chi connectivity index (χ0v) is 16.5. The Balaban J connectivity index is 1.21. The van der Waals surface area contributed by atoms with Gasteiger partial charge in [0.05, 0.1) is 17.8 Å². The molecule has 0 spiro atoms. The van der Waals surface area contributed by atoms with Gasteiger partial charge in [0.1, 0.15) is 5.82 Å². The lowest BCUT2D eigenvalue weighted by Gasteiger charge is -2.32. The minimum absolute atomic E-state index is 0.129. The molecule has 0 saturated carbocycles. The number of rotatable bonds is 6. The molecule has 3 N–H and O–H groups in total. The molecule has 2 aromatic rings. The van der Waals surface area contributed by atoms with E-state index in [2.05, 4.69) is 56.2 Å². The van der Waals surface area contributed by atoms with Crippen LogP contribution >= 0.6 is 0 Å². The van der Waals surface area contributed by atoms with Crippen LogP contribution < -0.4 is 16.0 Å². The average Bonchev–Trinajstić information content (AvgIpc) is 2.77. The molecule has 29 heavy (non-hydrogen) atoms. The summed E-state index contributed by atoms with van der Waals surface area (Å²) in [6.07, 6.45) is 4.82. The number of benzene rings is 1. The number of nitrogens with one attached hydrogen (secondary N) is 3. The SMILES string of the molecule is O=C1CNc2ncc(C(=O)NCC3CCN(CCc4ccccc4)CC3)cc2N1. The lowest BCUT2D eigenvalue weighted by molar-refractivity contribution is -0.114. The van der Waals surface area contributed by atoms with E-state index in [0.29, 0.717) is 29.5 Å². The van der Waals surface area contributed by atoms with E-state index in [0.717, 1.165) is 38.9 Å². The number of carbonyl (C=O) groups excluding carboxylic acids is 2. The topological polar surface area (TPSA) is 86.4 Å². The largest absolute Gasteiger partial charge is 0.359 e. The van der Waals surface area contributed by atoms with Gasteiger partial charge in [-0.05, 0) is 49.9 Å². The van der Waals surface area contributed by atoms with Gasteiger partial charge in [0.25, 0.3) is 5.91 Å². The summed E-state index contributed by atoms with van der Waals surface area (Å²) in [7, 11) is 0. The normalized spacial score (nSPS) is 17.2. The molecular weight excluding hydrogens is 366 g/mol. The summed E-state index contributed by atoms with van der Waals surface area (Å²) in [5, 5.41) is 8.70. The zero-order chi connectivity index (χ0) is 20.1. The summed E-state index contributed by atoms with van der Waals surface area (Å²) in [4.78, 5) is 30.7. The first kappa shape index (κ1) is 19.4. The molecule has 0 bridgehead atoms. The fraction of sp³-hybridized carbons (Fsp3) is 0.409. The zero-order valence-electron chi connectivity index (χ0n) is 16.5. The van der Waals surface area contributed by atoms with Crippen LogP contribution in [-0.4, -0.2) is 54.4 Å². The van der Waals surface area contributed by atoms with Gasteiger partial charge in [0.2, 0.25) is 5.91 Å². The Bertz CT molecular complexity index is 863. The maximum Gasteiger partial charge on any atom is 0.252 e. The van der Waals surface area contributed by atoms with Crippen molar-refractivity contribution in [3.8, 4) is 0 Å². The van der Waals surface area contributed by atoms with Crippen molar-refractivity contribution in [1.82, 2.24) is 15.2 Å². The summed E-state index contributed by atoms with van der Waals surface area (Å²) < 4.78 is 0. The molecule has 1 saturated heterocycles. The number of hydrogen-bond donors (Lipinski definition) is 3. The lowest BCUT2D eigenvalue weighted by Crippen LogP contribution is -2.39. The Labute approximate surface area is 170 Å². The molecule has 0 atom stereocenters. The third kappa shape index (κ3) is 5.12. The van der Waals surface area contributed by atoms with Crippen LogP contribution in [0.15, 0.2) is 42.6 Å². The number of aromatic nitrogens is 1. The molecule has 0 radical (unpaired) electrons. The van der Waals surface area contributed by atoms with Crippen LogP contribution in [0.3, 0.4) is 0 Å². The van der Waals surface area contributed by atoms with Crippen LogP contribution in [-0.2, 0) is 11.2 Å². The van der Waals surface area contributed by atoms with Crippen LogP contribution in [0.4, 0.5) is 11.5 Å². The number of anilines is 2. The first-order valence-electron chi connectivity index (χ1n) is 10.3. The highest BCUT2D eigenvalue weighted by Crippen LogP contribution is 2.23. The first-order valence-corrected chi connectivity index (χ1v) is 10.3. The van der Waals surface area contributed by atoms with Crippen LogP contribution in [0.25, 0.3) is 0 Å². The third-order valence-corrected chi connectivity index (χ3v) is 5.66. The maximum absolute atomic E-state index is 12.5. The molecular formula is C22H27N5O2. The molecule has 2 aliphatic heterocycles. The molecule has 1 aromatic carbocycles. The van der Waals surface area contributed by atoms with Crippen molar-refractivity contribution in [3.63, 3.8) is 0 Å². The molecule has 152 valence electrons. The van der Waals surface area contributed by atoms with Gasteiger partial charge in [0, 0.05) is 19.3 Å². The second kappa shape index (κ2) is 9.05. The summed E-state index contributed by atoms with van der Waals surface area (Å²) in [5.74, 6) is 0.824. The number of nitrogens with zero attached hydrogens (tertiary/aromatic N) is 2. The van der Waals surface area contributed by atoms with E-state index >= 15 is 0 Å². The van der Waals surface area contributed by atoms with E-state index in [1.807, 2.05) is 0 Å². The van der Waals surface area contributed by atoms with Crippen molar-refractivity contribution in [2.24, 2.45) is 5.92 Å². The predicted octanol–water partition coefficient (Wildman–Crippen LogP) is 2.13. The Kier molecular flexibility index (Phi) is 6.05. The molecule has 0 aliphatic carbocycles. The molecule has 2 amide bonds. The highest BCUT2D eigenvalue weighted by atomic mass is 16.2. The highest BCUT2D eigenvalue weighted by molar-refractivity contribution is 6.02. The van der Waals surface area contributed by atoms with Gasteiger partial charge < -0.3 is 20.9 Å². The number of fused-ring (bicyclic) bond motifs is 1. The van der Waals surface area contributed by atoms with E-state index in [1.165, 1.54) is 5.56 Å². The number of amides is 2. The van der Waals surface area contributed by atoms with Crippen LogP contribution in [0.1, 0.15) is 28.8 Å². The van der Waals surface area contributed by atoms with Gasteiger partial charge in [0.15, 0.2) is 0 Å². The number of carbonyl (C=O) groups is 2. The van der Waals surface area contributed by atoms with Crippen molar-refractivity contribution in [1.29, 1.82) is 0 Å². The van der Waals surface area contributed by atoms with Crippen LogP contribution in [0.5, 0.6) is 0 Å². The van der Waals surface area contributed by atoms with Gasteiger partial charge in [-0.15, -0.1) is 0 Å². The van der Waals surface area contributed by atoms with Crippen molar-refractivity contribution < 1.29 is 9.59 Å². The summed E-state index contributed by atoms with van der Waals surface area (Å²) in [6.45, 7) is 4.11. The van der Waals surface area contributed by atoms with Gasteiger partial charge >= 0.3 is 0 Å². The predicted molar refractivity (Wildman–Crippen MR) is 113 cm³/mol. The van der Waals surface area contributed by atoms with Crippen molar-refractivity contribution >= 4 is 23.3 Å². The standard InChI is InChI=1S/C22H27N5O2/c28-20-15-24-21-19(26-20)12-18(14-23-21)22(29)25-13-17-7-10-27(11-8-17)9-6-16-4-2-1-3-5-16/h1-5,12,14,17H,6-11,13,15H2,(H,23,24)(H,25,29)(H,26,28). The second-order valence-electron chi connectivity index (χ2n) is 7.75. The van der Waals surface area contributed by atoms with Gasteiger partial charge in [-0.25, -0.2) is 4.98 Å². The summed E-state index contributed by atoms with van der Waals surface area (Å²) >= 11 is 0. The molecule has 1 fully saturated rings. The number of likely N-dealkylation sites (tertiary alicyclic amines) is 1. The van der Waals surface area contributed by atoms with Gasteiger partial charge in [-0.2, -0.15) is 0 Å². The molecule has 2 aliphatic rings. The first-order chi connectivity index (χ1) is 14.2. The number of pyridine rings is 1. The third-order valence-electron chi connectivity index (χ3n) is 5.66. The van der Waals surface area contributed by atoms with Gasteiger partial charge in [-0.1, -0.05) is 30.3 Å². The van der Waals surface area contributed by atoms with Crippen LogP contribution in [0.2, 0.25) is 0 Å². The second-order valence-corrected chi connectivity index (χ2v) is 7.75. The lowest BCUT2D eigenvalue weighted by atomic mass is 9.96. The minimum atomic E-state index is -0.147. The fourth-order valence-corrected chi connectivity index (χ4v) is 3.87. The molecule has 4 rings (SSSR count). The van der Waals surface area contributed by atoms with Crippen LogP contribution in [0, 0.1) is 5.92 Å². The van der Waals surface area contributed by atoms with Crippen molar-refractivity contribution in [2.45, 2.75) is 19.3 Å². The Morgan fingerprint density at radius 2 is 2.00 bits per heavy atom. The monoisotopic (exact) mass is 393 g/mol. The highest BCUT2D eigenvalue weighted by Gasteiger charge is 2.21. The summed E-state index contributed by atoms with van der Waals surface area (Å²) in [6, 6.07) is 12.3. The average molecular weight is 393 g/mol. The molecule has 7 heteroatoms. The smallest absolute Gasteiger partial charge is 0.252 e. The molecule has 0 unspecified atom stereocenters. The van der Waals surface area contributed by atoms with Crippen molar-refractivity contribution in [3.05, 3.63) is 53.7 Å². The maximum atomic E-state index is 12.5. The molecule has 3 heterocycles.